The standard InChI is InChI=1S/C13H18O3S/c1-9-5-12(10(2)17-9)13(14)8-16-7-11-3-4-15-6-11/h5,11H,3-4,6-8H2,1-2H3. The average Bonchev–Trinajstić information content (AvgIpc) is 2.88. The van der Waals surface area contributed by atoms with Crippen LogP contribution in [0.4, 0.5) is 0 Å². The highest BCUT2D eigenvalue weighted by Gasteiger charge is 2.17. The van der Waals surface area contributed by atoms with Gasteiger partial charge in [0.2, 0.25) is 0 Å². The summed E-state index contributed by atoms with van der Waals surface area (Å²) in [4.78, 5) is 14.2. The molecule has 1 fully saturated rings. The van der Waals surface area contributed by atoms with Gasteiger partial charge in [0, 0.05) is 27.8 Å². The predicted molar refractivity (Wildman–Crippen MR) is 67.9 cm³/mol. The third-order valence-electron chi connectivity index (χ3n) is 2.95. The zero-order valence-electron chi connectivity index (χ0n) is 10.3. The molecule has 0 aromatic carbocycles. The zero-order valence-corrected chi connectivity index (χ0v) is 11.1. The summed E-state index contributed by atoms with van der Waals surface area (Å²) in [6.45, 7) is 6.41. The fourth-order valence-electron chi connectivity index (χ4n) is 2.02. The molecule has 1 atom stereocenters. The number of carbonyl (C=O) groups is 1. The first-order valence-corrected chi connectivity index (χ1v) is 6.74. The highest BCUT2D eigenvalue weighted by molar-refractivity contribution is 7.12. The SMILES string of the molecule is Cc1cc(C(=O)COCC2CCOC2)c(C)s1. The van der Waals surface area contributed by atoms with Crippen LogP contribution in [0.3, 0.4) is 0 Å². The lowest BCUT2D eigenvalue weighted by atomic mass is 10.1. The summed E-state index contributed by atoms with van der Waals surface area (Å²) in [5, 5.41) is 0. The topological polar surface area (TPSA) is 35.5 Å². The van der Waals surface area contributed by atoms with Crippen LogP contribution in [0.15, 0.2) is 6.07 Å². The Morgan fingerprint density at radius 1 is 1.59 bits per heavy atom. The van der Waals surface area contributed by atoms with Gasteiger partial charge in [0.25, 0.3) is 0 Å². The van der Waals surface area contributed by atoms with Crippen molar-refractivity contribution in [3.8, 4) is 0 Å². The minimum Gasteiger partial charge on any atom is -0.381 e. The molecule has 0 N–H and O–H groups in total. The van der Waals surface area contributed by atoms with Gasteiger partial charge < -0.3 is 9.47 Å². The van der Waals surface area contributed by atoms with Crippen molar-refractivity contribution in [2.45, 2.75) is 20.3 Å². The van der Waals surface area contributed by atoms with E-state index in [0.717, 1.165) is 30.1 Å². The van der Waals surface area contributed by atoms with Gasteiger partial charge in [0.1, 0.15) is 6.61 Å². The molecule has 2 heterocycles. The van der Waals surface area contributed by atoms with Crippen molar-refractivity contribution in [1.29, 1.82) is 0 Å². The maximum absolute atomic E-state index is 11.9. The van der Waals surface area contributed by atoms with E-state index < -0.39 is 0 Å². The van der Waals surface area contributed by atoms with Crippen molar-refractivity contribution in [1.82, 2.24) is 0 Å². The van der Waals surface area contributed by atoms with Gasteiger partial charge in [-0.2, -0.15) is 0 Å². The molecule has 0 amide bonds. The lowest BCUT2D eigenvalue weighted by Gasteiger charge is -2.07. The van der Waals surface area contributed by atoms with Crippen LogP contribution < -0.4 is 0 Å². The molecule has 1 aliphatic heterocycles. The summed E-state index contributed by atoms with van der Waals surface area (Å²) in [6, 6.07) is 1.95. The molecule has 1 aliphatic rings. The quantitative estimate of drug-likeness (QED) is 0.758. The van der Waals surface area contributed by atoms with Crippen LogP contribution in [0.5, 0.6) is 0 Å². The summed E-state index contributed by atoms with van der Waals surface area (Å²) in [5.74, 6) is 0.555. The van der Waals surface area contributed by atoms with Gasteiger partial charge >= 0.3 is 0 Å². The molecule has 1 aromatic rings. The second kappa shape index (κ2) is 5.76. The lowest BCUT2D eigenvalue weighted by Crippen LogP contribution is -2.15. The van der Waals surface area contributed by atoms with Gasteiger partial charge in [-0.3, -0.25) is 4.79 Å². The minimum absolute atomic E-state index is 0.0887. The lowest BCUT2D eigenvalue weighted by molar-refractivity contribution is 0.0651. The predicted octanol–water partition coefficient (Wildman–Crippen LogP) is 2.60. The first-order valence-electron chi connectivity index (χ1n) is 5.92. The van der Waals surface area contributed by atoms with E-state index in [4.69, 9.17) is 9.47 Å². The smallest absolute Gasteiger partial charge is 0.189 e. The van der Waals surface area contributed by atoms with Crippen LogP contribution in [0.2, 0.25) is 0 Å². The normalized spacial score (nSPS) is 19.8. The Morgan fingerprint density at radius 2 is 2.41 bits per heavy atom. The number of aryl methyl sites for hydroxylation is 2. The number of hydrogen-bond donors (Lipinski definition) is 0. The fraction of sp³-hybridized carbons (Fsp3) is 0.615. The molecule has 3 nitrogen and oxygen atoms in total. The van der Waals surface area contributed by atoms with Gasteiger partial charge in [0.05, 0.1) is 13.2 Å². The average molecular weight is 254 g/mol. The van der Waals surface area contributed by atoms with Gasteiger partial charge in [-0.05, 0) is 26.3 Å². The van der Waals surface area contributed by atoms with Crippen LogP contribution in [0.25, 0.3) is 0 Å². The summed E-state index contributed by atoms with van der Waals surface area (Å²) in [6.07, 6.45) is 1.05. The maximum Gasteiger partial charge on any atom is 0.189 e. The summed E-state index contributed by atoms with van der Waals surface area (Å²) in [5.41, 5.74) is 0.815. The zero-order chi connectivity index (χ0) is 12.3. The molecule has 0 radical (unpaired) electrons. The second-order valence-corrected chi connectivity index (χ2v) is 5.96. The number of carbonyl (C=O) groups excluding carboxylic acids is 1. The van der Waals surface area contributed by atoms with E-state index in [-0.39, 0.29) is 12.4 Å². The Labute approximate surface area is 106 Å². The van der Waals surface area contributed by atoms with Gasteiger partial charge in [-0.1, -0.05) is 0 Å². The van der Waals surface area contributed by atoms with Crippen molar-refractivity contribution in [2.24, 2.45) is 5.92 Å². The van der Waals surface area contributed by atoms with E-state index in [9.17, 15) is 4.79 Å². The largest absolute Gasteiger partial charge is 0.381 e. The number of ketones is 1. The molecule has 0 spiro atoms. The van der Waals surface area contributed by atoms with Crippen LogP contribution in [0, 0.1) is 19.8 Å². The van der Waals surface area contributed by atoms with Crippen molar-refractivity contribution >= 4 is 17.1 Å². The third kappa shape index (κ3) is 3.37. The fourth-order valence-corrected chi connectivity index (χ4v) is 2.96. The Balaban J connectivity index is 1.78. The Kier molecular flexibility index (Phi) is 4.31. The first kappa shape index (κ1) is 12.7. The second-order valence-electron chi connectivity index (χ2n) is 4.49. The summed E-state index contributed by atoms with van der Waals surface area (Å²) < 4.78 is 10.7. The number of thiophene rings is 1. The van der Waals surface area contributed by atoms with Gasteiger partial charge in [-0.15, -0.1) is 11.3 Å². The highest BCUT2D eigenvalue weighted by Crippen LogP contribution is 2.21. The monoisotopic (exact) mass is 254 g/mol. The van der Waals surface area contributed by atoms with E-state index >= 15 is 0 Å². The molecule has 1 saturated heterocycles. The Bertz CT molecular complexity index is 391. The van der Waals surface area contributed by atoms with E-state index in [1.807, 2.05) is 19.9 Å². The molecule has 4 heteroatoms. The molecule has 1 unspecified atom stereocenters. The Morgan fingerprint density at radius 3 is 3.00 bits per heavy atom. The third-order valence-corrected chi connectivity index (χ3v) is 3.92. The molecular formula is C13H18O3S. The van der Waals surface area contributed by atoms with Crippen molar-refractivity contribution < 1.29 is 14.3 Å². The number of ether oxygens (including phenoxy) is 2. The number of rotatable bonds is 5. The molecule has 0 bridgehead atoms. The molecule has 0 aliphatic carbocycles. The van der Waals surface area contributed by atoms with E-state index in [0.29, 0.717) is 12.5 Å². The van der Waals surface area contributed by atoms with Gasteiger partial charge in [-0.25, -0.2) is 0 Å². The Hall–Kier alpha value is -0.710. The van der Waals surface area contributed by atoms with Crippen LogP contribution in [-0.2, 0) is 9.47 Å². The molecule has 94 valence electrons. The van der Waals surface area contributed by atoms with Crippen LogP contribution in [-0.4, -0.2) is 32.2 Å². The molecular weight excluding hydrogens is 236 g/mol. The van der Waals surface area contributed by atoms with Crippen LogP contribution >= 0.6 is 11.3 Å². The summed E-state index contributed by atoms with van der Waals surface area (Å²) >= 11 is 1.66. The van der Waals surface area contributed by atoms with E-state index in [2.05, 4.69) is 0 Å². The number of hydrogen-bond acceptors (Lipinski definition) is 4. The first-order chi connectivity index (χ1) is 8.16. The van der Waals surface area contributed by atoms with E-state index in [1.54, 1.807) is 11.3 Å². The van der Waals surface area contributed by atoms with Crippen molar-refractivity contribution in [2.75, 3.05) is 26.4 Å². The van der Waals surface area contributed by atoms with E-state index in [1.165, 1.54) is 4.88 Å². The maximum atomic E-state index is 11.9. The van der Waals surface area contributed by atoms with Crippen molar-refractivity contribution in [3.05, 3.63) is 21.4 Å². The molecule has 0 saturated carbocycles. The summed E-state index contributed by atoms with van der Waals surface area (Å²) in [7, 11) is 0. The molecule has 2 rings (SSSR count). The molecule has 17 heavy (non-hydrogen) atoms. The number of Topliss-reactive ketones (excluding diaryl/α,β-unsaturated/α-hetero) is 1. The highest BCUT2D eigenvalue weighted by atomic mass is 32.1. The van der Waals surface area contributed by atoms with Crippen molar-refractivity contribution in [3.63, 3.8) is 0 Å². The minimum atomic E-state index is 0.0887. The van der Waals surface area contributed by atoms with Gasteiger partial charge in [0.15, 0.2) is 5.78 Å². The van der Waals surface area contributed by atoms with Crippen LogP contribution in [0.1, 0.15) is 26.5 Å². The molecule has 1 aromatic heterocycles.